The maximum Gasteiger partial charge on any atom is 0.220 e. The highest BCUT2D eigenvalue weighted by atomic mass is 16.3. The maximum absolute atomic E-state index is 10.8. The van der Waals surface area contributed by atoms with E-state index in [0.717, 1.165) is 19.5 Å². The molecule has 0 aromatic heterocycles. The quantitative estimate of drug-likeness (QED) is 0.554. The molecule has 13 heavy (non-hydrogen) atoms. The monoisotopic (exact) mass is 186 g/mol. The van der Waals surface area contributed by atoms with Crippen LogP contribution in [0.5, 0.6) is 0 Å². The standard InChI is InChI=1S/C9H18N2O2/c1-7(6-12)4-10-8-2-3-9(13)11-5-8/h7-8,10,12H,2-6H2,1H3,(H,11,13). The Morgan fingerprint density at radius 2 is 2.54 bits per heavy atom. The second-order valence-electron chi connectivity index (χ2n) is 3.74. The Labute approximate surface area is 78.7 Å². The van der Waals surface area contributed by atoms with Gasteiger partial charge in [0, 0.05) is 32.2 Å². The summed E-state index contributed by atoms with van der Waals surface area (Å²) in [5.41, 5.74) is 0. The van der Waals surface area contributed by atoms with Crippen LogP contribution >= 0.6 is 0 Å². The normalized spacial score (nSPS) is 25.4. The molecule has 3 N–H and O–H groups in total. The van der Waals surface area contributed by atoms with Crippen LogP contribution in [0.25, 0.3) is 0 Å². The van der Waals surface area contributed by atoms with E-state index >= 15 is 0 Å². The molecule has 1 fully saturated rings. The Morgan fingerprint density at radius 3 is 3.08 bits per heavy atom. The summed E-state index contributed by atoms with van der Waals surface area (Å²) >= 11 is 0. The van der Waals surface area contributed by atoms with E-state index in [9.17, 15) is 4.79 Å². The van der Waals surface area contributed by atoms with Crippen molar-refractivity contribution in [3.63, 3.8) is 0 Å². The first kappa shape index (κ1) is 10.5. The van der Waals surface area contributed by atoms with Crippen molar-refractivity contribution in [3.05, 3.63) is 0 Å². The molecule has 1 rings (SSSR count). The predicted octanol–water partition coefficient (Wildman–Crippen LogP) is -0.517. The molecule has 0 radical (unpaired) electrons. The maximum atomic E-state index is 10.8. The molecule has 0 saturated carbocycles. The molecule has 2 unspecified atom stereocenters. The van der Waals surface area contributed by atoms with Crippen molar-refractivity contribution in [1.29, 1.82) is 0 Å². The van der Waals surface area contributed by atoms with Gasteiger partial charge in [0.1, 0.15) is 0 Å². The lowest BCUT2D eigenvalue weighted by molar-refractivity contribution is -0.122. The Morgan fingerprint density at radius 1 is 1.77 bits per heavy atom. The lowest BCUT2D eigenvalue weighted by Gasteiger charge is -2.24. The molecule has 0 spiro atoms. The van der Waals surface area contributed by atoms with Gasteiger partial charge in [-0.2, -0.15) is 0 Å². The van der Waals surface area contributed by atoms with E-state index in [0.29, 0.717) is 12.5 Å². The third-order valence-corrected chi connectivity index (χ3v) is 2.33. The summed E-state index contributed by atoms with van der Waals surface area (Å²) < 4.78 is 0. The van der Waals surface area contributed by atoms with Crippen molar-refractivity contribution < 1.29 is 9.90 Å². The van der Waals surface area contributed by atoms with Gasteiger partial charge >= 0.3 is 0 Å². The van der Waals surface area contributed by atoms with Crippen molar-refractivity contribution in [2.24, 2.45) is 5.92 Å². The molecule has 76 valence electrons. The van der Waals surface area contributed by atoms with Gasteiger partial charge in [0.2, 0.25) is 5.91 Å². The van der Waals surface area contributed by atoms with Crippen LogP contribution in [0.2, 0.25) is 0 Å². The van der Waals surface area contributed by atoms with Crippen LogP contribution in [0.4, 0.5) is 0 Å². The zero-order chi connectivity index (χ0) is 9.68. The first-order valence-corrected chi connectivity index (χ1v) is 4.83. The first-order valence-electron chi connectivity index (χ1n) is 4.83. The molecule has 0 aliphatic carbocycles. The van der Waals surface area contributed by atoms with E-state index in [2.05, 4.69) is 10.6 Å². The van der Waals surface area contributed by atoms with E-state index in [1.165, 1.54) is 0 Å². The topological polar surface area (TPSA) is 61.4 Å². The van der Waals surface area contributed by atoms with Crippen molar-refractivity contribution in [1.82, 2.24) is 10.6 Å². The van der Waals surface area contributed by atoms with Crippen LogP contribution < -0.4 is 10.6 Å². The Balaban J connectivity index is 2.12. The minimum Gasteiger partial charge on any atom is -0.396 e. The van der Waals surface area contributed by atoms with Gasteiger partial charge in [0.25, 0.3) is 0 Å². The molecular formula is C9H18N2O2. The molecule has 1 aliphatic heterocycles. The van der Waals surface area contributed by atoms with Crippen molar-refractivity contribution >= 4 is 5.91 Å². The number of carbonyl (C=O) groups excluding carboxylic acids is 1. The second kappa shape index (κ2) is 5.19. The largest absolute Gasteiger partial charge is 0.396 e. The van der Waals surface area contributed by atoms with Crippen molar-refractivity contribution in [3.8, 4) is 0 Å². The van der Waals surface area contributed by atoms with Gasteiger partial charge in [0.05, 0.1) is 0 Å². The highest BCUT2D eigenvalue weighted by molar-refractivity contribution is 5.76. The molecular weight excluding hydrogens is 168 g/mol. The van der Waals surface area contributed by atoms with E-state index in [1.807, 2.05) is 6.92 Å². The summed E-state index contributed by atoms with van der Waals surface area (Å²) in [6.07, 6.45) is 1.52. The van der Waals surface area contributed by atoms with E-state index in [4.69, 9.17) is 5.11 Å². The third kappa shape index (κ3) is 3.74. The minimum absolute atomic E-state index is 0.147. The molecule has 1 amide bonds. The van der Waals surface area contributed by atoms with Gasteiger partial charge in [-0.1, -0.05) is 6.92 Å². The SMILES string of the molecule is CC(CO)CNC1CCC(=O)NC1. The summed E-state index contributed by atoms with van der Waals surface area (Å²) in [4.78, 5) is 10.8. The highest BCUT2D eigenvalue weighted by Gasteiger charge is 2.17. The predicted molar refractivity (Wildman–Crippen MR) is 50.3 cm³/mol. The van der Waals surface area contributed by atoms with E-state index in [-0.39, 0.29) is 18.4 Å². The van der Waals surface area contributed by atoms with Crippen LogP contribution in [-0.4, -0.2) is 36.8 Å². The van der Waals surface area contributed by atoms with Gasteiger partial charge in [-0.05, 0) is 12.3 Å². The Bertz CT molecular complexity index is 163. The van der Waals surface area contributed by atoms with Gasteiger partial charge in [-0.15, -0.1) is 0 Å². The number of amides is 1. The zero-order valence-electron chi connectivity index (χ0n) is 8.05. The lowest BCUT2D eigenvalue weighted by atomic mass is 10.1. The van der Waals surface area contributed by atoms with Crippen molar-refractivity contribution in [2.75, 3.05) is 19.7 Å². The number of carbonyl (C=O) groups is 1. The van der Waals surface area contributed by atoms with Gasteiger partial charge < -0.3 is 15.7 Å². The Hall–Kier alpha value is -0.610. The number of rotatable bonds is 4. The van der Waals surface area contributed by atoms with Gasteiger partial charge in [0.15, 0.2) is 0 Å². The fourth-order valence-electron chi connectivity index (χ4n) is 1.34. The summed E-state index contributed by atoms with van der Waals surface area (Å²) in [5, 5.41) is 14.9. The second-order valence-corrected chi connectivity index (χ2v) is 3.74. The number of hydrogen-bond donors (Lipinski definition) is 3. The molecule has 0 bridgehead atoms. The molecule has 1 heterocycles. The number of nitrogens with one attached hydrogen (secondary N) is 2. The van der Waals surface area contributed by atoms with Crippen molar-refractivity contribution in [2.45, 2.75) is 25.8 Å². The number of aliphatic hydroxyl groups is 1. The number of hydrogen-bond acceptors (Lipinski definition) is 3. The fourth-order valence-corrected chi connectivity index (χ4v) is 1.34. The highest BCUT2D eigenvalue weighted by Crippen LogP contribution is 2.03. The third-order valence-electron chi connectivity index (χ3n) is 2.33. The molecule has 1 aliphatic rings. The average molecular weight is 186 g/mol. The van der Waals surface area contributed by atoms with Crippen LogP contribution in [-0.2, 0) is 4.79 Å². The van der Waals surface area contributed by atoms with Crippen LogP contribution in [0.3, 0.4) is 0 Å². The molecule has 2 atom stereocenters. The summed E-state index contributed by atoms with van der Waals surface area (Å²) in [6, 6.07) is 0.381. The van der Waals surface area contributed by atoms with E-state index < -0.39 is 0 Å². The molecule has 4 heteroatoms. The molecule has 0 aromatic carbocycles. The van der Waals surface area contributed by atoms with Gasteiger partial charge in [-0.3, -0.25) is 4.79 Å². The van der Waals surface area contributed by atoms with Crippen LogP contribution in [0, 0.1) is 5.92 Å². The molecule has 0 aromatic rings. The summed E-state index contributed by atoms with van der Waals surface area (Å²) in [6.45, 7) is 3.74. The van der Waals surface area contributed by atoms with E-state index in [1.54, 1.807) is 0 Å². The number of piperidine rings is 1. The number of aliphatic hydroxyl groups excluding tert-OH is 1. The Kier molecular flexibility index (Phi) is 4.18. The molecule has 1 saturated heterocycles. The first-order chi connectivity index (χ1) is 6.22. The summed E-state index contributed by atoms with van der Waals surface area (Å²) in [7, 11) is 0. The van der Waals surface area contributed by atoms with Crippen LogP contribution in [0.15, 0.2) is 0 Å². The van der Waals surface area contributed by atoms with Gasteiger partial charge in [-0.25, -0.2) is 0 Å². The molecule has 4 nitrogen and oxygen atoms in total. The lowest BCUT2D eigenvalue weighted by Crippen LogP contribution is -2.46. The smallest absolute Gasteiger partial charge is 0.220 e. The summed E-state index contributed by atoms with van der Waals surface area (Å²) in [5.74, 6) is 0.436. The van der Waals surface area contributed by atoms with Crippen LogP contribution in [0.1, 0.15) is 19.8 Å². The fraction of sp³-hybridized carbons (Fsp3) is 0.889. The minimum atomic E-state index is 0.147. The average Bonchev–Trinajstić information content (AvgIpc) is 2.16. The zero-order valence-corrected chi connectivity index (χ0v) is 8.05.